The van der Waals surface area contributed by atoms with Gasteiger partial charge < -0.3 is 0 Å². The molecule has 2 aromatic heterocycles. The number of aryl methyl sites for hydroxylation is 2. The molecule has 0 saturated heterocycles. The number of nitrogens with zero attached hydrogens (tertiary/aromatic N) is 3. The van der Waals surface area contributed by atoms with E-state index in [0.717, 1.165) is 15.1 Å². The minimum atomic E-state index is -0.223. The van der Waals surface area contributed by atoms with Crippen LogP contribution in [0.1, 0.15) is 20.9 Å². The Hall–Kier alpha value is -1.73. The number of carbonyl (C=O) groups excluding carboxylic acids is 1. The van der Waals surface area contributed by atoms with E-state index in [0.29, 0.717) is 11.5 Å². The Morgan fingerprint density at radius 2 is 2.20 bits per heavy atom. The molecule has 102 valence electrons. The largest absolute Gasteiger partial charge is 0.289 e. The third-order valence-corrected chi connectivity index (χ3v) is 4.50. The lowest BCUT2D eigenvalue weighted by atomic mass is 10.2. The van der Waals surface area contributed by atoms with Crippen LogP contribution in [0.2, 0.25) is 0 Å². The highest BCUT2D eigenvalue weighted by atomic mass is 79.9. The smallest absolute Gasteiger partial charge is 0.258 e. The summed E-state index contributed by atoms with van der Waals surface area (Å²) in [6.45, 7) is 4.00. The Balaban J connectivity index is 1.87. The van der Waals surface area contributed by atoms with Crippen LogP contribution in [0.5, 0.6) is 0 Å². The molecular formula is C13H11BrN4OS. The number of nitrogens with one attached hydrogen (secondary N) is 1. The van der Waals surface area contributed by atoms with Crippen LogP contribution in [0.15, 0.2) is 28.7 Å². The van der Waals surface area contributed by atoms with Crippen molar-refractivity contribution in [1.82, 2.24) is 14.6 Å². The SMILES string of the molecule is Cc1sc2nc(NC(=O)c3cccc(Br)c3)nn2c1C. The maximum absolute atomic E-state index is 12.1. The van der Waals surface area contributed by atoms with Crippen molar-refractivity contribution < 1.29 is 4.79 Å². The average molecular weight is 351 g/mol. The van der Waals surface area contributed by atoms with E-state index in [1.54, 1.807) is 28.0 Å². The number of carbonyl (C=O) groups is 1. The minimum absolute atomic E-state index is 0.223. The third kappa shape index (κ3) is 2.34. The molecule has 1 aromatic carbocycles. The van der Waals surface area contributed by atoms with Crippen LogP contribution in [-0.2, 0) is 0 Å². The summed E-state index contributed by atoms with van der Waals surface area (Å²) in [5.74, 6) is 0.100. The van der Waals surface area contributed by atoms with Gasteiger partial charge >= 0.3 is 0 Å². The fourth-order valence-corrected chi connectivity index (χ4v) is 3.10. The van der Waals surface area contributed by atoms with Gasteiger partial charge in [-0.3, -0.25) is 10.1 Å². The third-order valence-electron chi connectivity index (χ3n) is 2.96. The number of rotatable bonds is 2. The minimum Gasteiger partial charge on any atom is -0.289 e. The lowest BCUT2D eigenvalue weighted by Crippen LogP contribution is -2.13. The summed E-state index contributed by atoms with van der Waals surface area (Å²) in [4.78, 5) is 18.4. The Morgan fingerprint density at radius 3 is 2.90 bits per heavy atom. The Bertz CT molecular complexity index is 808. The molecule has 1 N–H and O–H groups in total. The van der Waals surface area contributed by atoms with Gasteiger partial charge in [0.15, 0.2) is 0 Å². The van der Waals surface area contributed by atoms with E-state index < -0.39 is 0 Å². The summed E-state index contributed by atoms with van der Waals surface area (Å²) in [6.07, 6.45) is 0. The molecule has 20 heavy (non-hydrogen) atoms. The van der Waals surface area contributed by atoms with Gasteiger partial charge in [0.1, 0.15) is 0 Å². The summed E-state index contributed by atoms with van der Waals surface area (Å²) in [7, 11) is 0. The van der Waals surface area contributed by atoms with Crippen molar-refractivity contribution in [3.63, 3.8) is 0 Å². The van der Waals surface area contributed by atoms with E-state index in [9.17, 15) is 4.79 Å². The number of hydrogen-bond donors (Lipinski definition) is 1. The Labute approximate surface area is 127 Å². The highest BCUT2D eigenvalue weighted by Crippen LogP contribution is 2.21. The molecule has 2 heterocycles. The summed E-state index contributed by atoms with van der Waals surface area (Å²) in [5, 5.41) is 7.00. The molecular weight excluding hydrogens is 340 g/mol. The number of benzene rings is 1. The van der Waals surface area contributed by atoms with E-state index in [2.05, 4.69) is 31.3 Å². The molecule has 5 nitrogen and oxygen atoms in total. The zero-order valence-electron chi connectivity index (χ0n) is 10.8. The second-order valence-electron chi connectivity index (χ2n) is 4.34. The predicted octanol–water partition coefficient (Wildman–Crippen LogP) is 3.42. The zero-order valence-corrected chi connectivity index (χ0v) is 13.2. The zero-order chi connectivity index (χ0) is 14.3. The van der Waals surface area contributed by atoms with Crippen molar-refractivity contribution >= 4 is 44.1 Å². The highest BCUT2D eigenvalue weighted by Gasteiger charge is 2.13. The van der Waals surface area contributed by atoms with Crippen molar-refractivity contribution in [3.8, 4) is 0 Å². The molecule has 7 heteroatoms. The fourth-order valence-electron chi connectivity index (χ4n) is 1.80. The van der Waals surface area contributed by atoms with E-state index in [4.69, 9.17) is 0 Å². The van der Waals surface area contributed by atoms with Gasteiger partial charge in [0.05, 0.1) is 5.69 Å². The predicted molar refractivity (Wildman–Crippen MR) is 82.4 cm³/mol. The normalized spacial score (nSPS) is 10.9. The Morgan fingerprint density at radius 1 is 1.40 bits per heavy atom. The second-order valence-corrected chi connectivity index (χ2v) is 6.44. The molecule has 0 radical (unpaired) electrons. The van der Waals surface area contributed by atoms with Crippen LogP contribution in [-0.4, -0.2) is 20.5 Å². The second kappa shape index (κ2) is 4.99. The van der Waals surface area contributed by atoms with Crippen LogP contribution in [0.25, 0.3) is 4.96 Å². The molecule has 0 saturated carbocycles. The number of anilines is 1. The molecule has 3 rings (SSSR count). The molecule has 1 amide bonds. The van der Waals surface area contributed by atoms with Crippen molar-refractivity contribution in [2.75, 3.05) is 5.32 Å². The van der Waals surface area contributed by atoms with Gasteiger partial charge in [-0.25, -0.2) is 4.52 Å². The molecule has 0 bridgehead atoms. The van der Waals surface area contributed by atoms with Gasteiger partial charge in [0.25, 0.3) is 11.9 Å². The molecule has 0 aliphatic carbocycles. The number of fused-ring (bicyclic) bond motifs is 1. The van der Waals surface area contributed by atoms with E-state index in [1.807, 2.05) is 26.0 Å². The summed E-state index contributed by atoms with van der Waals surface area (Å²) in [5.41, 5.74) is 1.60. The molecule has 0 atom stereocenters. The molecule has 3 aromatic rings. The lowest BCUT2D eigenvalue weighted by Gasteiger charge is -2.01. The van der Waals surface area contributed by atoms with Gasteiger partial charge in [-0.1, -0.05) is 33.3 Å². The number of halogens is 1. The maximum Gasteiger partial charge on any atom is 0.258 e. The van der Waals surface area contributed by atoms with Crippen molar-refractivity contribution in [2.24, 2.45) is 0 Å². The van der Waals surface area contributed by atoms with Crippen molar-refractivity contribution in [2.45, 2.75) is 13.8 Å². The van der Waals surface area contributed by atoms with Gasteiger partial charge in [0, 0.05) is 14.9 Å². The fraction of sp³-hybridized carbons (Fsp3) is 0.154. The van der Waals surface area contributed by atoms with E-state index >= 15 is 0 Å². The first-order chi connectivity index (χ1) is 9.54. The van der Waals surface area contributed by atoms with E-state index in [-0.39, 0.29) is 5.91 Å². The first-order valence-corrected chi connectivity index (χ1v) is 7.55. The summed E-state index contributed by atoms with van der Waals surface area (Å²) >= 11 is 4.90. The molecule has 0 spiro atoms. The maximum atomic E-state index is 12.1. The van der Waals surface area contributed by atoms with Crippen LogP contribution >= 0.6 is 27.3 Å². The number of aromatic nitrogens is 3. The van der Waals surface area contributed by atoms with Crippen LogP contribution < -0.4 is 5.32 Å². The average Bonchev–Trinajstić information content (AvgIpc) is 2.90. The Kier molecular flexibility index (Phi) is 3.31. The topological polar surface area (TPSA) is 59.3 Å². The van der Waals surface area contributed by atoms with Gasteiger partial charge in [-0.05, 0) is 32.0 Å². The standard InChI is InChI=1S/C13H11BrN4OS/c1-7-8(2)20-13-16-12(17-18(7)13)15-11(19)9-4-3-5-10(14)6-9/h3-6H,1-2H3,(H,15,17,19). The van der Waals surface area contributed by atoms with Crippen LogP contribution in [0.3, 0.4) is 0 Å². The highest BCUT2D eigenvalue weighted by molar-refractivity contribution is 9.10. The molecule has 0 aliphatic heterocycles. The van der Waals surface area contributed by atoms with Crippen molar-refractivity contribution in [3.05, 3.63) is 44.9 Å². The lowest BCUT2D eigenvalue weighted by molar-refractivity contribution is 0.102. The van der Waals surface area contributed by atoms with Gasteiger partial charge in [-0.15, -0.1) is 5.10 Å². The quantitative estimate of drug-likeness (QED) is 0.770. The van der Waals surface area contributed by atoms with Crippen LogP contribution in [0.4, 0.5) is 5.95 Å². The van der Waals surface area contributed by atoms with Gasteiger partial charge in [-0.2, -0.15) is 4.98 Å². The van der Waals surface area contributed by atoms with Gasteiger partial charge in [0.2, 0.25) is 4.96 Å². The molecule has 0 unspecified atom stereocenters. The summed E-state index contributed by atoms with van der Waals surface area (Å²) < 4.78 is 2.60. The number of hydrogen-bond acceptors (Lipinski definition) is 4. The summed E-state index contributed by atoms with van der Waals surface area (Å²) in [6, 6.07) is 7.18. The molecule has 0 aliphatic rings. The van der Waals surface area contributed by atoms with E-state index in [1.165, 1.54) is 4.88 Å². The first kappa shape index (κ1) is 13.3. The van der Waals surface area contributed by atoms with Crippen molar-refractivity contribution in [1.29, 1.82) is 0 Å². The monoisotopic (exact) mass is 350 g/mol. The number of thiazole rings is 1. The molecule has 0 fully saturated rings. The van der Waals surface area contributed by atoms with Crippen LogP contribution in [0, 0.1) is 13.8 Å². The number of amides is 1. The first-order valence-electron chi connectivity index (χ1n) is 5.94.